The first-order valence-electron chi connectivity index (χ1n) is 7.62. The van der Waals surface area contributed by atoms with Crippen molar-refractivity contribution >= 4 is 29.8 Å². The molecule has 0 fully saturated rings. The molecule has 11 heteroatoms. The van der Waals surface area contributed by atoms with E-state index in [0.717, 1.165) is 11.6 Å². The second-order valence-corrected chi connectivity index (χ2v) is 5.81. The number of amides is 1. The second kappa shape index (κ2) is 7.69. The van der Waals surface area contributed by atoms with Crippen LogP contribution in [0.1, 0.15) is 17.0 Å². The summed E-state index contributed by atoms with van der Waals surface area (Å²) in [5.74, 6) is 0.611. The summed E-state index contributed by atoms with van der Waals surface area (Å²) in [4.78, 5) is 18.4. The van der Waals surface area contributed by atoms with Crippen LogP contribution in [0.4, 0.5) is 18.0 Å². The van der Waals surface area contributed by atoms with Crippen molar-refractivity contribution in [3.8, 4) is 11.6 Å². The van der Waals surface area contributed by atoms with Gasteiger partial charge in [0.2, 0.25) is 0 Å². The highest BCUT2D eigenvalue weighted by Gasteiger charge is 2.31. The third-order valence-electron chi connectivity index (χ3n) is 3.40. The fourth-order valence-corrected chi connectivity index (χ4v) is 2.40. The van der Waals surface area contributed by atoms with Gasteiger partial charge in [-0.05, 0) is 29.8 Å². The minimum Gasteiger partial charge on any atom is -0.411 e. The van der Waals surface area contributed by atoms with E-state index in [1.807, 2.05) is 0 Å². The molecule has 2 N–H and O–H groups in total. The number of rotatable bonds is 4. The van der Waals surface area contributed by atoms with Gasteiger partial charge in [0, 0.05) is 6.20 Å². The third kappa shape index (κ3) is 4.65. The van der Waals surface area contributed by atoms with Crippen LogP contribution >= 0.6 is 11.6 Å². The number of ether oxygens (including phenoxy) is 1. The van der Waals surface area contributed by atoms with Gasteiger partial charge in [0.1, 0.15) is 12.1 Å². The van der Waals surface area contributed by atoms with Crippen LogP contribution in [0.25, 0.3) is 18.0 Å². The predicted molar refractivity (Wildman–Crippen MR) is 94.7 cm³/mol. The lowest BCUT2D eigenvalue weighted by Gasteiger charge is -2.08. The van der Waals surface area contributed by atoms with Crippen LogP contribution < -0.4 is 10.5 Å². The molecule has 0 unspecified atom stereocenters. The Morgan fingerprint density at radius 3 is 2.50 bits per heavy atom. The van der Waals surface area contributed by atoms with Gasteiger partial charge >= 0.3 is 12.3 Å². The zero-order valence-corrected chi connectivity index (χ0v) is 14.6. The smallest absolute Gasteiger partial charge is 0.411 e. The van der Waals surface area contributed by atoms with E-state index in [1.165, 1.54) is 11.0 Å². The Hall–Kier alpha value is -3.40. The fourth-order valence-electron chi connectivity index (χ4n) is 2.14. The van der Waals surface area contributed by atoms with Gasteiger partial charge in [-0.2, -0.15) is 13.2 Å². The molecule has 0 bridgehead atoms. The molecule has 28 heavy (non-hydrogen) atoms. The molecule has 0 aliphatic heterocycles. The molecule has 1 aromatic carbocycles. The topological polar surface area (TPSA) is 95.9 Å². The zero-order chi connectivity index (χ0) is 20.3. The molecule has 0 saturated carbocycles. The maximum Gasteiger partial charge on any atom is 0.417 e. The number of hydrogen-bond acceptors (Lipinski definition) is 5. The average Bonchev–Trinajstić information content (AvgIpc) is 3.08. The lowest BCUT2D eigenvalue weighted by atomic mass is 10.2. The van der Waals surface area contributed by atoms with E-state index < -0.39 is 17.8 Å². The van der Waals surface area contributed by atoms with Crippen molar-refractivity contribution in [3.63, 3.8) is 0 Å². The van der Waals surface area contributed by atoms with Gasteiger partial charge in [-0.1, -0.05) is 29.8 Å². The summed E-state index contributed by atoms with van der Waals surface area (Å²) in [7, 11) is 0. The van der Waals surface area contributed by atoms with Gasteiger partial charge in [0.15, 0.2) is 11.6 Å². The van der Waals surface area contributed by atoms with Crippen LogP contribution in [0.15, 0.2) is 42.9 Å². The molecule has 3 rings (SSSR count). The number of benzene rings is 1. The van der Waals surface area contributed by atoms with Gasteiger partial charge in [0.25, 0.3) is 0 Å². The van der Waals surface area contributed by atoms with Gasteiger partial charge < -0.3 is 10.5 Å². The lowest BCUT2D eigenvalue weighted by Crippen LogP contribution is -2.16. The molecule has 0 aliphatic carbocycles. The molecule has 144 valence electrons. The first-order valence-corrected chi connectivity index (χ1v) is 8.00. The fraction of sp³-hybridized carbons (Fsp3) is 0.0588. The molecule has 2 heterocycles. The molecule has 3 aromatic rings. The number of hydrogen-bond donors (Lipinski definition) is 1. The Balaban J connectivity index is 1.75. The highest BCUT2D eigenvalue weighted by molar-refractivity contribution is 6.32. The van der Waals surface area contributed by atoms with Crippen LogP contribution in [0.5, 0.6) is 5.75 Å². The number of nitrogens with zero attached hydrogens (tertiary/aromatic N) is 4. The van der Waals surface area contributed by atoms with E-state index in [1.54, 1.807) is 36.4 Å². The first-order chi connectivity index (χ1) is 13.2. The van der Waals surface area contributed by atoms with E-state index in [-0.39, 0.29) is 16.7 Å². The number of primary amides is 1. The summed E-state index contributed by atoms with van der Waals surface area (Å²) in [5, 5.41) is 3.90. The quantitative estimate of drug-likeness (QED) is 0.703. The summed E-state index contributed by atoms with van der Waals surface area (Å²) >= 11 is 5.89. The molecule has 0 spiro atoms. The molecule has 0 atom stereocenters. The minimum atomic E-state index is -4.54. The first kappa shape index (κ1) is 19.4. The van der Waals surface area contributed by atoms with E-state index >= 15 is 0 Å². The van der Waals surface area contributed by atoms with Gasteiger partial charge in [-0.3, -0.25) is 0 Å². The molecule has 0 saturated heterocycles. The Kier molecular flexibility index (Phi) is 5.32. The summed E-state index contributed by atoms with van der Waals surface area (Å²) in [6.45, 7) is 0. The number of alkyl halides is 3. The largest absolute Gasteiger partial charge is 0.417 e. The SMILES string of the molecule is NC(=O)Oc1ccc(C=Cc2ncn(-c3ncc(C(F)(F)F)cc3Cl)n2)cc1. The summed E-state index contributed by atoms with van der Waals surface area (Å²) < 4.78 is 43.9. The molecular weight excluding hydrogens is 399 g/mol. The number of carbonyl (C=O) groups is 1. The Morgan fingerprint density at radius 2 is 1.89 bits per heavy atom. The number of aromatic nitrogens is 4. The molecule has 7 nitrogen and oxygen atoms in total. The molecule has 0 radical (unpaired) electrons. The number of halogens is 4. The molecule has 0 aliphatic rings. The minimum absolute atomic E-state index is 0.0229. The van der Waals surface area contributed by atoms with E-state index in [0.29, 0.717) is 11.9 Å². The maximum atomic E-state index is 12.7. The highest BCUT2D eigenvalue weighted by Crippen LogP contribution is 2.31. The van der Waals surface area contributed by atoms with Gasteiger partial charge in [0.05, 0.1) is 10.6 Å². The van der Waals surface area contributed by atoms with Crippen molar-refractivity contribution in [2.45, 2.75) is 6.18 Å². The van der Waals surface area contributed by atoms with E-state index in [2.05, 4.69) is 15.1 Å². The van der Waals surface area contributed by atoms with Crippen LogP contribution in [-0.4, -0.2) is 25.8 Å². The van der Waals surface area contributed by atoms with E-state index in [9.17, 15) is 18.0 Å². The second-order valence-electron chi connectivity index (χ2n) is 5.40. The Bertz CT molecular complexity index is 1030. The van der Waals surface area contributed by atoms with Crippen LogP contribution in [0.3, 0.4) is 0 Å². The van der Waals surface area contributed by atoms with Crippen molar-refractivity contribution < 1.29 is 22.7 Å². The normalized spacial score (nSPS) is 11.7. The maximum absolute atomic E-state index is 12.7. The average molecular weight is 410 g/mol. The summed E-state index contributed by atoms with van der Waals surface area (Å²) in [6, 6.07) is 7.25. The zero-order valence-electron chi connectivity index (χ0n) is 13.9. The van der Waals surface area contributed by atoms with E-state index in [4.69, 9.17) is 22.1 Å². The number of pyridine rings is 1. The Labute approximate surface area is 161 Å². The van der Waals surface area contributed by atoms with Gasteiger partial charge in [-0.15, -0.1) is 5.10 Å². The van der Waals surface area contributed by atoms with Crippen molar-refractivity contribution in [2.75, 3.05) is 0 Å². The molecule has 1 amide bonds. The van der Waals surface area contributed by atoms with Crippen molar-refractivity contribution in [1.29, 1.82) is 0 Å². The third-order valence-corrected chi connectivity index (χ3v) is 3.68. The van der Waals surface area contributed by atoms with Crippen molar-refractivity contribution in [2.24, 2.45) is 5.73 Å². The molecule has 2 aromatic heterocycles. The highest BCUT2D eigenvalue weighted by atomic mass is 35.5. The number of carbonyl (C=O) groups excluding carboxylic acids is 1. The predicted octanol–water partition coefficient (Wildman–Crippen LogP) is 3.96. The van der Waals surface area contributed by atoms with Gasteiger partial charge in [-0.25, -0.2) is 19.4 Å². The van der Waals surface area contributed by atoms with Crippen LogP contribution in [0.2, 0.25) is 5.02 Å². The lowest BCUT2D eigenvalue weighted by molar-refractivity contribution is -0.137. The standard InChI is InChI=1S/C17H11ClF3N5O2/c18-13-7-11(17(19,20)21)8-23-15(13)26-9-24-14(25-26)6-3-10-1-4-12(5-2-10)28-16(22)27/h1-9H,(H2,22,27). The van der Waals surface area contributed by atoms with Crippen molar-refractivity contribution in [3.05, 3.63) is 64.8 Å². The number of nitrogens with two attached hydrogens (primary N) is 1. The molecular formula is C17H11ClF3N5O2. The van der Waals surface area contributed by atoms with Crippen LogP contribution in [0, 0.1) is 0 Å². The Morgan fingerprint density at radius 1 is 1.18 bits per heavy atom. The summed E-state index contributed by atoms with van der Waals surface area (Å²) in [6.07, 6.45) is -0.218. The van der Waals surface area contributed by atoms with Crippen LogP contribution in [-0.2, 0) is 6.18 Å². The monoisotopic (exact) mass is 409 g/mol. The van der Waals surface area contributed by atoms with Crippen molar-refractivity contribution in [1.82, 2.24) is 19.7 Å². The summed E-state index contributed by atoms with van der Waals surface area (Å²) in [5.41, 5.74) is 4.73.